The van der Waals surface area contributed by atoms with Crippen LogP contribution in [0.1, 0.15) is 16.1 Å². The highest BCUT2D eigenvalue weighted by Crippen LogP contribution is 2.22. The Bertz CT molecular complexity index is 694. The van der Waals surface area contributed by atoms with Crippen LogP contribution < -0.4 is 5.32 Å². The molecule has 0 radical (unpaired) electrons. The van der Waals surface area contributed by atoms with E-state index in [-0.39, 0.29) is 23.7 Å². The number of hydrogen-bond donors (Lipinski definition) is 2. The topological polar surface area (TPSA) is 140 Å². The van der Waals surface area contributed by atoms with Crippen molar-refractivity contribution in [2.24, 2.45) is 0 Å². The molecular formula is C10H9N5O5S. The number of hydrogen-bond acceptors (Lipinski definition) is 7. The summed E-state index contributed by atoms with van der Waals surface area (Å²) in [5, 5.41) is 30.2. The van der Waals surface area contributed by atoms with Crippen LogP contribution in [-0.4, -0.2) is 36.9 Å². The molecule has 0 bridgehead atoms. The van der Waals surface area contributed by atoms with Gasteiger partial charge in [0.2, 0.25) is 0 Å². The molecule has 2 aromatic heterocycles. The van der Waals surface area contributed by atoms with Crippen LogP contribution in [0.5, 0.6) is 0 Å². The Morgan fingerprint density at radius 1 is 1.52 bits per heavy atom. The SMILES string of the molecule is O=C(O)Cn1cc(CNC(=O)c2csc([N+](=O)[O-])c2)nn1. The summed E-state index contributed by atoms with van der Waals surface area (Å²) in [7, 11) is 0. The van der Waals surface area contributed by atoms with E-state index in [2.05, 4.69) is 15.6 Å². The van der Waals surface area contributed by atoms with E-state index in [1.165, 1.54) is 17.6 Å². The van der Waals surface area contributed by atoms with Crippen molar-refractivity contribution in [1.29, 1.82) is 0 Å². The number of aromatic nitrogens is 3. The Labute approximate surface area is 121 Å². The molecule has 0 atom stereocenters. The molecule has 0 aliphatic carbocycles. The number of aliphatic carboxylic acids is 1. The minimum atomic E-state index is -1.05. The summed E-state index contributed by atoms with van der Waals surface area (Å²) in [6.07, 6.45) is 1.39. The Kier molecular flexibility index (Phi) is 4.23. The zero-order valence-corrected chi connectivity index (χ0v) is 11.2. The molecule has 21 heavy (non-hydrogen) atoms. The Morgan fingerprint density at radius 3 is 2.90 bits per heavy atom. The molecule has 0 spiro atoms. The largest absolute Gasteiger partial charge is 0.480 e. The van der Waals surface area contributed by atoms with E-state index >= 15 is 0 Å². The van der Waals surface area contributed by atoms with Crippen molar-refractivity contribution < 1.29 is 19.6 Å². The van der Waals surface area contributed by atoms with Crippen molar-refractivity contribution in [1.82, 2.24) is 20.3 Å². The highest BCUT2D eigenvalue weighted by atomic mass is 32.1. The number of nitro groups is 1. The standard InChI is InChI=1S/C10H9N5O5S/c16-9(17)4-14-3-7(12-13-14)2-11-10(18)6-1-8(15(19)20)21-5-6/h1,3,5H,2,4H2,(H,11,18)(H,16,17). The number of nitrogens with one attached hydrogen (secondary N) is 1. The smallest absolute Gasteiger partial charge is 0.325 e. The number of carbonyl (C=O) groups excluding carboxylic acids is 1. The molecule has 2 N–H and O–H groups in total. The highest BCUT2D eigenvalue weighted by molar-refractivity contribution is 7.13. The van der Waals surface area contributed by atoms with Gasteiger partial charge in [0.15, 0.2) is 0 Å². The molecule has 10 nitrogen and oxygen atoms in total. The van der Waals surface area contributed by atoms with Crippen LogP contribution in [0, 0.1) is 10.1 Å². The zero-order chi connectivity index (χ0) is 15.4. The summed E-state index contributed by atoms with van der Waals surface area (Å²) in [4.78, 5) is 32.2. The van der Waals surface area contributed by atoms with Gasteiger partial charge in [-0.05, 0) is 0 Å². The number of rotatable bonds is 6. The van der Waals surface area contributed by atoms with Gasteiger partial charge in [0.05, 0.1) is 23.2 Å². The lowest BCUT2D eigenvalue weighted by Gasteiger charge is -1.99. The quantitative estimate of drug-likeness (QED) is 0.576. The van der Waals surface area contributed by atoms with Crippen LogP contribution in [0.4, 0.5) is 5.00 Å². The van der Waals surface area contributed by atoms with Crippen molar-refractivity contribution in [3.63, 3.8) is 0 Å². The Morgan fingerprint density at radius 2 is 2.29 bits per heavy atom. The monoisotopic (exact) mass is 311 g/mol. The maximum atomic E-state index is 11.8. The van der Waals surface area contributed by atoms with Gasteiger partial charge in [-0.25, -0.2) is 4.68 Å². The van der Waals surface area contributed by atoms with E-state index in [0.717, 1.165) is 16.0 Å². The number of carboxylic acids is 1. The van der Waals surface area contributed by atoms with Crippen LogP contribution >= 0.6 is 11.3 Å². The van der Waals surface area contributed by atoms with Gasteiger partial charge in [0.25, 0.3) is 5.91 Å². The average Bonchev–Trinajstić information content (AvgIpc) is 3.04. The molecule has 0 aliphatic heterocycles. The third kappa shape index (κ3) is 3.82. The number of carboxylic acid groups (broad SMARTS) is 1. The van der Waals surface area contributed by atoms with Crippen LogP contribution in [0.15, 0.2) is 17.6 Å². The van der Waals surface area contributed by atoms with Crippen LogP contribution in [-0.2, 0) is 17.9 Å². The Balaban J connectivity index is 1.92. The maximum absolute atomic E-state index is 11.8. The van der Waals surface area contributed by atoms with Gasteiger partial charge in [-0.15, -0.1) is 5.10 Å². The second-order valence-electron chi connectivity index (χ2n) is 3.91. The molecule has 0 unspecified atom stereocenters. The van der Waals surface area contributed by atoms with Crippen LogP contribution in [0.3, 0.4) is 0 Å². The normalized spacial score (nSPS) is 10.3. The molecule has 2 rings (SSSR count). The lowest BCUT2D eigenvalue weighted by atomic mass is 10.3. The fourth-order valence-corrected chi connectivity index (χ4v) is 2.15. The molecule has 0 fully saturated rings. The second kappa shape index (κ2) is 6.09. The Hall–Kier alpha value is -2.82. The molecule has 0 saturated heterocycles. The summed E-state index contributed by atoms with van der Waals surface area (Å²) in [5.41, 5.74) is 0.568. The van der Waals surface area contributed by atoms with E-state index in [1.807, 2.05) is 0 Å². The first-order chi connectivity index (χ1) is 9.95. The van der Waals surface area contributed by atoms with Crippen molar-refractivity contribution in [3.05, 3.63) is 39.0 Å². The maximum Gasteiger partial charge on any atom is 0.325 e. The average molecular weight is 311 g/mol. The van der Waals surface area contributed by atoms with Crippen molar-refractivity contribution in [2.45, 2.75) is 13.1 Å². The summed E-state index contributed by atoms with van der Waals surface area (Å²) in [6.45, 7) is -0.278. The minimum absolute atomic E-state index is 0.0437. The van der Waals surface area contributed by atoms with Gasteiger partial charge >= 0.3 is 11.0 Å². The van der Waals surface area contributed by atoms with Gasteiger partial charge in [-0.3, -0.25) is 19.7 Å². The fourth-order valence-electron chi connectivity index (χ4n) is 1.45. The van der Waals surface area contributed by atoms with Crippen molar-refractivity contribution >= 4 is 28.2 Å². The van der Waals surface area contributed by atoms with E-state index in [9.17, 15) is 19.7 Å². The lowest BCUT2D eigenvalue weighted by molar-refractivity contribution is -0.380. The summed E-state index contributed by atoms with van der Waals surface area (Å²) >= 11 is 0.861. The minimum Gasteiger partial charge on any atom is -0.480 e. The van der Waals surface area contributed by atoms with Crippen molar-refractivity contribution in [3.8, 4) is 0 Å². The lowest BCUT2D eigenvalue weighted by Crippen LogP contribution is -2.22. The first kappa shape index (κ1) is 14.6. The fraction of sp³-hybridized carbons (Fsp3) is 0.200. The van der Waals surface area contributed by atoms with Crippen molar-refractivity contribution in [2.75, 3.05) is 0 Å². The molecule has 11 heteroatoms. The predicted molar refractivity (Wildman–Crippen MR) is 69.8 cm³/mol. The molecule has 2 heterocycles. The first-order valence-corrected chi connectivity index (χ1v) is 6.45. The van der Waals surface area contributed by atoms with Gasteiger partial charge in [0.1, 0.15) is 12.2 Å². The molecule has 0 aliphatic rings. The number of nitrogens with zero attached hydrogens (tertiary/aromatic N) is 4. The zero-order valence-electron chi connectivity index (χ0n) is 10.4. The molecule has 1 amide bonds. The second-order valence-corrected chi connectivity index (χ2v) is 4.80. The van der Waals surface area contributed by atoms with E-state index in [1.54, 1.807) is 0 Å². The molecule has 2 aromatic rings. The molecule has 0 saturated carbocycles. The predicted octanol–water partition coefficient (Wildman–Crippen LogP) is 0.262. The summed E-state index contributed by atoms with van der Waals surface area (Å²) in [5.74, 6) is -1.53. The van der Waals surface area contributed by atoms with Gasteiger partial charge in [0, 0.05) is 11.4 Å². The molecular weight excluding hydrogens is 302 g/mol. The highest BCUT2D eigenvalue weighted by Gasteiger charge is 2.15. The molecule has 110 valence electrons. The number of amides is 1. The third-order valence-electron chi connectivity index (χ3n) is 2.34. The number of carbonyl (C=O) groups is 2. The van der Waals surface area contributed by atoms with Crippen LogP contribution in [0.2, 0.25) is 0 Å². The van der Waals surface area contributed by atoms with Crippen LogP contribution in [0.25, 0.3) is 0 Å². The van der Waals surface area contributed by atoms with Gasteiger partial charge in [-0.1, -0.05) is 16.6 Å². The summed E-state index contributed by atoms with van der Waals surface area (Å²) < 4.78 is 1.12. The number of thiophene rings is 1. The van der Waals surface area contributed by atoms with E-state index in [0.29, 0.717) is 5.69 Å². The molecule has 0 aromatic carbocycles. The third-order valence-corrected chi connectivity index (χ3v) is 3.22. The van der Waals surface area contributed by atoms with Gasteiger partial charge < -0.3 is 10.4 Å². The summed E-state index contributed by atoms with van der Waals surface area (Å²) in [6, 6.07) is 1.18. The van der Waals surface area contributed by atoms with E-state index < -0.39 is 16.8 Å². The van der Waals surface area contributed by atoms with E-state index in [4.69, 9.17) is 5.11 Å². The van der Waals surface area contributed by atoms with Gasteiger partial charge in [-0.2, -0.15) is 0 Å². The first-order valence-electron chi connectivity index (χ1n) is 5.57.